The highest BCUT2D eigenvalue weighted by molar-refractivity contribution is 9.10. The van der Waals surface area contributed by atoms with E-state index in [-0.39, 0.29) is 35.6 Å². The molecule has 122 valence electrons. The Morgan fingerprint density at radius 2 is 2.18 bits per heavy atom. The summed E-state index contributed by atoms with van der Waals surface area (Å²) in [5.41, 5.74) is -0.257. The third-order valence-electron chi connectivity index (χ3n) is 3.69. The summed E-state index contributed by atoms with van der Waals surface area (Å²) in [6.07, 6.45) is 2.78. The first-order chi connectivity index (χ1) is 10.3. The van der Waals surface area contributed by atoms with Crippen molar-refractivity contribution in [1.82, 2.24) is 9.47 Å². The van der Waals surface area contributed by atoms with Gasteiger partial charge < -0.3 is 9.47 Å². The van der Waals surface area contributed by atoms with E-state index in [9.17, 15) is 18.0 Å². The smallest absolute Gasteiger partial charge is 0.251 e. The van der Waals surface area contributed by atoms with E-state index in [1.54, 1.807) is 17.2 Å². The molecule has 1 aromatic heterocycles. The maximum Gasteiger partial charge on any atom is 0.251 e. The molecule has 0 aromatic carbocycles. The van der Waals surface area contributed by atoms with E-state index in [1.807, 2.05) is 6.92 Å². The molecule has 1 unspecified atom stereocenters. The first-order valence-electron chi connectivity index (χ1n) is 7.18. The predicted octanol–water partition coefficient (Wildman–Crippen LogP) is 1.04. The number of pyridine rings is 1. The molecule has 1 saturated heterocycles. The molecule has 1 fully saturated rings. The SMILES string of the molecule is CCCN(C(=O)Cn1cc(Br)ccc1=O)C1CCS(=O)(=O)C1. The van der Waals surface area contributed by atoms with Crippen LogP contribution >= 0.6 is 15.9 Å². The lowest BCUT2D eigenvalue weighted by Gasteiger charge is -2.28. The Morgan fingerprint density at radius 3 is 2.77 bits per heavy atom. The molecule has 2 rings (SSSR count). The summed E-state index contributed by atoms with van der Waals surface area (Å²) in [5, 5.41) is 0. The van der Waals surface area contributed by atoms with Crippen molar-refractivity contribution in [2.75, 3.05) is 18.1 Å². The Bertz CT molecular complexity index is 714. The maximum absolute atomic E-state index is 12.5. The second-order valence-corrected chi connectivity index (χ2v) is 8.60. The van der Waals surface area contributed by atoms with Crippen LogP contribution in [0.1, 0.15) is 19.8 Å². The number of hydrogen-bond acceptors (Lipinski definition) is 4. The molecule has 1 aromatic rings. The first-order valence-corrected chi connectivity index (χ1v) is 9.79. The molecular formula is C14H19BrN2O4S. The number of aromatic nitrogens is 1. The number of carbonyl (C=O) groups is 1. The molecule has 22 heavy (non-hydrogen) atoms. The number of nitrogens with zero attached hydrogens (tertiary/aromatic N) is 2. The topological polar surface area (TPSA) is 76.5 Å². The number of halogens is 1. The fourth-order valence-corrected chi connectivity index (χ4v) is 4.75. The van der Waals surface area contributed by atoms with Crippen molar-refractivity contribution in [2.45, 2.75) is 32.4 Å². The van der Waals surface area contributed by atoms with Gasteiger partial charge in [0.25, 0.3) is 5.56 Å². The van der Waals surface area contributed by atoms with Gasteiger partial charge in [-0.2, -0.15) is 0 Å². The zero-order valence-electron chi connectivity index (χ0n) is 12.4. The summed E-state index contributed by atoms with van der Waals surface area (Å²) in [6.45, 7) is 2.37. The van der Waals surface area contributed by atoms with Gasteiger partial charge in [-0.3, -0.25) is 9.59 Å². The van der Waals surface area contributed by atoms with Crippen LogP contribution in [-0.2, 0) is 21.2 Å². The largest absolute Gasteiger partial charge is 0.337 e. The van der Waals surface area contributed by atoms with Crippen molar-refractivity contribution in [1.29, 1.82) is 0 Å². The standard InChI is InChI=1S/C14H19BrN2O4S/c1-2-6-17(12-5-7-22(20,21)10-12)14(19)9-16-8-11(15)3-4-13(16)18/h3-4,8,12H,2,5-7,9-10H2,1H3. The number of amides is 1. The van der Waals surface area contributed by atoms with Crippen molar-refractivity contribution in [2.24, 2.45) is 0 Å². The van der Waals surface area contributed by atoms with E-state index in [0.717, 1.165) is 6.42 Å². The number of rotatable bonds is 5. The number of sulfone groups is 1. The van der Waals surface area contributed by atoms with Gasteiger partial charge in [0.15, 0.2) is 9.84 Å². The lowest BCUT2D eigenvalue weighted by molar-refractivity contribution is -0.133. The molecule has 0 spiro atoms. The van der Waals surface area contributed by atoms with Crippen molar-refractivity contribution >= 4 is 31.7 Å². The molecule has 0 radical (unpaired) electrons. The van der Waals surface area contributed by atoms with Gasteiger partial charge in [0.2, 0.25) is 5.91 Å². The van der Waals surface area contributed by atoms with Crippen LogP contribution in [0, 0.1) is 0 Å². The van der Waals surface area contributed by atoms with Crippen molar-refractivity contribution < 1.29 is 13.2 Å². The quantitative estimate of drug-likeness (QED) is 0.752. The summed E-state index contributed by atoms with van der Waals surface area (Å²) in [6, 6.07) is 2.73. The average Bonchev–Trinajstić information content (AvgIpc) is 2.80. The van der Waals surface area contributed by atoms with E-state index >= 15 is 0 Å². The lowest BCUT2D eigenvalue weighted by Crippen LogP contribution is -2.44. The Hall–Kier alpha value is -1.15. The fraction of sp³-hybridized carbons (Fsp3) is 0.571. The molecule has 0 aliphatic carbocycles. The van der Waals surface area contributed by atoms with E-state index in [4.69, 9.17) is 0 Å². The van der Waals surface area contributed by atoms with Crippen LogP contribution in [0.5, 0.6) is 0 Å². The Kier molecular flexibility index (Phi) is 5.44. The molecule has 6 nitrogen and oxygen atoms in total. The summed E-state index contributed by atoms with van der Waals surface area (Å²) >= 11 is 3.27. The van der Waals surface area contributed by atoms with Gasteiger partial charge in [0, 0.05) is 29.3 Å². The minimum Gasteiger partial charge on any atom is -0.337 e. The molecule has 0 saturated carbocycles. The van der Waals surface area contributed by atoms with Crippen LogP contribution in [-0.4, -0.2) is 47.9 Å². The van der Waals surface area contributed by atoms with Crippen LogP contribution in [0.3, 0.4) is 0 Å². The van der Waals surface area contributed by atoms with E-state index in [1.165, 1.54) is 10.6 Å². The second kappa shape index (κ2) is 6.95. The highest BCUT2D eigenvalue weighted by atomic mass is 79.9. The second-order valence-electron chi connectivity index (χ2n) is 5.46. The first kappa shape index (κ1) is 17.2. The maximum atomic E-state index is 12.5. The third-order valence-corrected chi connectivity index (χ3v) is 5.91. The third kappa shape index (κ3) is 4.19. The lowest BCUT2D eigenvalue weighted by atomic mass is 10.2. The molecule has 0 N–H and O–H groups in total. The average molecular weight is 391 g/mol. The van der Waals surface area contributed by atoms with Crippen LogP contribution in [0.25, 0.3) is 0 Å². The van der Waals surface area contributed by atoms with Gasteiger partial charge in [0.1, 0.15) is 6.54 Å². The molecule has 1 aliphatic rings. The van der Waals surface area contributed by atoms with Crippen LogP contribution in [0.4, 0.5) is 0 Å². The van der Waals surface area contributed by atoms with Gasteiger partial charge >= 0.3 is 0 Å². The molecule has 1 aliphatic heterocycles. The predicted molar refractivity (Wildman–Crippen MR) is 87.5 cm³/mol. The van der Waals surface area contributed by atoms with Gasteiger partial charge in [-0.1, -0.05) is 6.92 Å². The Morgan fingerprint density at radius 1 is 1.45 bits per heavy atom. The van der Waals surface area contributed by atoms with Gasteiger partial charge in [-0.15, -0.1) is 0 Å². The summed E-state index contributed by atoms with van der Waals surface area (Å²) in [5.74, 6) is -0.0714. The minimum atomic E-state index is -3.05. The molecule has 1 atom stereocenters. The highest BCUT2D eigenvalue weighted by Gasteiger charge is 2.34. The Balaban J connectivity index is 2.16. The summed E-state index contributed by atoms with van der Waals surface area (Å²) in [7, 11) is -3.05. The summed E-state index contributed by atoms with van der Waals surface area (Å²) < 4.78 is 25.3. The van der Waals surface area contributed by atoms with Gasteiger partial charge in [-0.05, 0) is 34.8 Å². The van der Waals surface area contributed by atoms with E-state index in [0.29, 0.717) is 17.4 Å². The zero-order valence-corrected chi connectivity index (χ0v) is 14.8. The van der Waals surface area contributed by atoms with E-state index in [2.05, 4.69) is 15.9 Å². The monoisotopic (exact) mass is 390 g/mol. The molecule has 8 heteroatoms. The molecule has 1 amide bonds. The van der Waals surface area contributed by atoms with Crippen LogP contribution < -0.4 is 5.56 Å². The fourth-order valence-electron chi connectivity index (χ4n) is 2.64. The molecular weight excluding hydrogens is 372 g/mol. The van der Waals surface area contributed by atoms with E-state index < -0.39 is 9.84 Å². The molecule has 0 bridgehead atoms. The van der Waals surface area contributed by atoms with Crippen LogP contribution in [0.15, 0.2) is 27.6 Å². The molecule has 2 heterocycles. The normalized spacial score (nSPS) is 20.0. The van der Waals surface area contributed by atoms with Gasteiger partial charge in [0.05, 0.1) is 11.5 Å². The van der Waals surface area contributed by atoms with Crippen molar-refractivity contribution in [3.63, 3.8) is 0 Å². The minimum absolute atomic E-state index is 0.0200. The number of carbonyl (C=O) groups excluding carboxylic acids is 1. The van der Waals surface area contributed by atoms with Crippen molar-refractivity contribution in [3.8, 4) is 0 Å². The highest BCUT2D eigenvalue weighted by Crippen LogP contribution is 2.18. The van der Waals surface area contributed by atoms with Crippen molar-refractivity contribution in [3.05, 3.63) is 33.2 Å². The number of hydrogen-bond donors (Lipinski definition) is 0. The van der Waals surface area contributed by atoms with Crippen LogP contribution in [0.2, 0.25) is 0 Å². The van der Waals surface area contributed by atoms with Gasteiger partial charge in [-0.25, -0.2) is 8.42 Å². The summed E-state index contributed by atoms with van der Waals surface area (Å²) in [4.78, 5) is 25.9. The Labute approximate surface area is 138 Å². The zero-order chi connectivity index (χ0) is 16.3.